The van der Waals surface area contributed by atoms with Gasteiger partial charge in [-0.05, 0) is 19.8 Å². The van der Waals surface area contributed by atoms with Crippen molar-refractivity contribution in [3.05, 3.63) is 0 Å². The number of carbonyl (C=O) groups excluding carboxylic acids is 1. The van der Waals surface area contributed by atoms with Crippen molar-refractivity contribution in [1.29, 1.82) is 0 Å². The minimum Gasteiger partial charge on any atom is -0.466 e. The average molecular weight is 374 g/mol. The molecule has 2 fully saturated rings. The molecule has 2 bridgehead atoms. The van der Waals surface area contributed by atoms with E-state index >= 15 is 0 Å². The van der Waals surface area contributed by atoms with Gasteiger partial charge in [0.1, 0.15) is 0 Å². The van der Waals surface area contributed by atoms with Gasteiger partial charge in [0, 0.05) is 24.7 Å². The number of piperazine rings is 1. The van der Waals surface area contributed by atoms with E-state index in [9.17, 15) is 4.79 Å². The fourth-order valence-corrected chi connectivity index (χ4v) is 2.93. The van der Waals surface area contributed by atoms with Gasteiger partial charge in [0.15, 0.2) is 0 Å². The SMILES string of the molecule is Br.Br.CCOC(=O)C(CC)C12CNC(CN1)C2. The van der Waals surface area contributed by atoms with E-state index in [2.05, 4.69) is 17.6 Å². The van der Waals surface area contributed by atoms with Crippen LogP contribution in [-0.2, 0) is 9.53 Å². The Kier molecular flexibility index (Phi) is 7.21. The number of hydrogen-bond donors (Lipinski definition) is 2. The Bertz CT molecular complexity index is 256. The molecule has 0 aromatic heterocycles. The van der Waals surface area contributed by atoms with Crippen LogP contribution in [0.1, 0.15) is 26.7 Å². The number of esters is 1. The van der Waals surface area contributed by atoms with Crippen LogP contribution in [0.25, 0.3) is 0 Å². The second-order valence-electron chi connectivity index (χ2n) is 4.53. The van der Waals surface area contributed by atoms with E-state index in [0.717, 1.165) is 25.9 Å². The molecule has 3 unspecified atom stereocenters. The molecule has 2 aliphatic rings. The third-order valence-corrected chi connectivity index (χ3v) is 3.66. The molecule has 0 saturated carbocycles. The number of halogens is 2. The number of carbonyl (C=O) groups is 1. The lowest BCUT2D eigenvalue weighted by Crippen LogP contribution is -2.56. The third-order valence-electron chi connectivity index (χ3n) is 3.66. The molecule has 2 aliphatic heterocycles. The molecule has 2 rings (SSSR count). The van der Waals surface area contributed by atoms with Gasteiger partial charge in [-0.2, -0.15) is 0 Å². The first-order valence-corrected chi connectivity index (χ1v) is 5.87. The molecule has 6 heteroatoms. The quantitative estimate of drug-likeness (QED) is 0.732. The second kappa shape index (κ2) is 7.07. The molecular formula is C11H22Br2N2O2. The first-order chi connectivity index (χ1) is 7.22. The lowest BCUT2D eigenvalue weighted by Gasteiger charge is -2.34. The highest BCUT2D eigenvalue weighted by atomic mass is 79.9. The van der Waals surface area contributed by atoms with Gasteiger partial charge in [0.25, 0.3) is 0 Å². The molecule has 3 atom stereocenters. The van der Waals surface area contributed by atoms with Crippen molar-refractivity contribution in [3.8, 4) is 0 Å². The van der Waals surface area contributed by atoms with Crippen molar-refractivity contribution in [2.45, 2.75) is 38.3 Å². The largest absolute Gasteiger partial charge is 0.466 e. The molecule has 17 heavy (non-hydrogen) atoms. The first-order valence-electron chi connectivity index (χ1n) is 5.87. The molecule has 2 N–H and O–H groups in total. The van der Waals surface area contributed by atoms with E-state index in [-0.39, 0.29) is 51.4 Å². The summed E-state index contributed by atoms with van der Waals surface area (Å²) in [6.45, 7) is 6.27. The molecule has 0 amide bonds. The summed E-state index contributed by atoms with van der Waals surface area (Å²) < 4.78 is 5.15. The highest BCUT2D eigenvalue weighted by Gasteiger charge is 2.51. The van der Waals surface area contributed by atoms with Crippen LogP contribution < -0.4 is 10.6 Å². The van der Waals surface area contributed by atoms with E-state index in [1.54, 1.807) is 0 Å². The summed E-state index contributed by atoms with van der Waals surface area (Å²) in [6, 6.07) is 0.550. The topological polar surface area (TPSA) is 50.4 Å². The van der Waals surface area contributed by atoms with Crippen molar-refractivity contribution < 1.29 is 9.53 Å². The zero-order valence-corrected chi connectivity index (χ0v) is 13.7. The summed E-state index contributed by atoms with van der Waals surface area (Å²) in [4.78, 5) is 11.9. The van der Waals surface area contributed by atoms with E-state index in [0.29, 0.717) is 12.6 Å². The van der Waals surface area contributed by atoms with Crippen molar-refractivity contribution in [2.75, 3.05) is 19.7 Å². The number of nitrogens with one attached hydrogen (secondary N) is 2. The number of ether oxygens (including phenoxy) is 1. The summed E-state index contributed by atoms with van der Waals surface area (Å²) in [6.07, 6.45) is 1.91. The van der Waals surface area contributed by atoms with Crippen LogP contribution in [0, 0.1) is 5.92 Å². The fraction of sp³-hybridized carbons (Fsp3) is 0.909. The van der Waals surface area contributed by atoms with Crippen LogP contribution in [0.4, 0.5) is 0 Å². The predicted molar refractivity (Wildman–Crippen MR) is 78.2 cm³/mol. The highest BCUT2D eigenvalue weighted by molar-refractivity contribution is 8.93. The van der Waals surface area contributed by atoms with Gasteiger partial charge in [-0.1, -0.05) is 6.92 Å². The van der Waals surface area contributed by atoms with Gasteiger partial charge in [-0.25, -0.2) is 0 Å². The Morgan fingerprint density at radius 2 is 2.18 bits per heavy atom. The summed E-state index contributed by atoms with van der Waals surface area (Å²) >= 11 is 0. The van der Waals surface area contributed by atoms with E-state index in [1.165, 1.54) is 0 Å². The molecule has 0 aromatic rings. The van der Waals surface area contributed by atoms with Gasteiger partial charge < -0.3 is 15.4 Å². The van der Waals surface area contributed by atoms with Crippen molar-refractivity contribution >= 4 is 39.9 Å². The summed E-state index contributed by atoms with van der Waals surface area (Å²) in [7, 11) is 0. The highest BCUT2D eigenvalue weighted by Crippen LogP contribution is 2.35. The molecular weight excluding hydrogens is 352 g/mol. The molecule has 0 aliphatic carbocycles. The monoisotopic (exact) mass is 372 g/mol. The number of hydrogen-bond acceptors (Lipinski definition) is 4. The van der Waals surface area contributed by atoms with Crippen molar-refractivity contribution in [1.82, 2.24) is 10.6 Å². The molecule has 102 valence electrons. The van der Waals surface area contributed by atoms with Crippen LogP contribution in [0.3, 0.4) is 0 Å². The summed E-state index contributed by atoms with van der Waals surface area (Å²) in [5, 5.41) is 6.93. The molecule has 4 nitrogen and oxygen atoms in total. The smallest absolute Gasteiger partial charge is 0.310 e. The molecule has 2 saturated heterocycles. The standard InChI is InChI=1S/C11H20N2O2.2BrH/c1-3-9(10(14)15-4-2)11-5-8(6-13-11)12-7-11;;/h8-9,12-13H,3-7H2,1-2H3;2*1H. The maximum atomic E-state index is 11.9. The lowest BCUT2D eigenvalue weighted by atomic mass is 9.82. The Labute approximate surface area is 124 Å². The van der Waals surface area contributed by atoms with Crippen LogP contribution in [0.15, 0.2) is 0 Å². The molecule has 0 aromatic carbocycles. The van der Waals surface area contributed by atoms with Gasteiger partial charge in [0.05, 0.1) is 12.5 Å². The summed E-state index contributed by atoms with van der Waals surface area (Å²) in [5.74, 6) is -0.0469. The Morgan fingerprint density at radius 1 is 1.47 bits per heavy atom. The summed E-state index contributed by atoms with van der Waals surface area (Å²) in [5.41, 5.74) is -0.0360. The molecule has 0 radical (unpaired) electrons. The number of fused-ring (bicyclic) bond motifs is 2. The van der Waals surface area contributed by atoms with Crippen molar-refractivity contribution in [3.63, 3.8) is 0 Å². The zero-order chi connectivity index (χ0) is 10.9. The van der Waals surface area contributed by atoms with Crippen molar-refractivity contribution in [2.24, 2.45) is 5.92 Å². The number of rotatable bonds is 4. The zero-order valence-electron chi connectivity index (χ0n) is 10.3. The fourth-order valence-electron chi connectivity index (χ4n) is 2.93. The second-order valence-corrected chi connectivity index (χ2v) is 4.53. The average Bonchev–Trinajstić information content (AvgIpc) is 2.79. The molecule has 0 spiro atoms. The molecule has 2 heterocycles. The normalized spacial score (nSPS) is 31.3. The van der Waals surface area contributed by atoms with Gasteiger partial charge >= 0.3 is 5.97 Å². The Balaban J connectivity index is 0.00000128. The van der Waals surface area contributed by atoms with Gasteiger partial charge in [-0.15, -0.1) is 34.0 Å². The van der Waals surface area contributed by atoms with Crippen LogP contribution >= 0.6 is 34.0 Å². The van der Waals surface area contributed by atoms with E-state index in [1.807, 2.05) is 6.92 Å². The van der Waals surface area contributed by atoms with Crippen LogP contribution in [0.5, 0.6) is 0 Å². The maximum absolute atomic E-state index is 11.9. The lowest BCUT2D eigenvalue weighted by molar-refractivity contribution is -0.150. The predicted octanol–water partition coefficient (Wildman–Crippen LogP) is 1.44. The van der Waals surface area contributed by atoms with Gasteiger partial charge in [-0.3, -0.25) is 4.79 Å². The van der Waals surface area contributed by atoms with Crippen LogP contribution in [-0.4, -0.2) is 37.2 Å². The maximum Gasteiger partial charge on any atom is 0.310 e. The van der Waals surface area contributed by atoms with E-state index in [4.69, 9.17) is 4.74 Å². The van der Waals surface area contributed by atoms with E-state index < -0.39 is 0 Å². The Morgan fingerprint density at radius 3 is 2.53 bits per heavy atom. The minimum absolute atomic E-state index is 0. The third kappa shape index (κ3) is 3.22. The Hall–Kier alpha value is 0.350. The van der Waals surface area contributed by atoms with Gasteiger partial charge in [0.2, 0.25) is 0 Å². The first kappa shape index (κ1) is 17.4. The minimum atomic E-state index is -0.0446. The van der Waals surface area contributed by atoms with Crippen LogP contribution in [0.2, 0.25) is 0 Å².